The highest BCUT2D eigenvalue weighted by Crippen LogP contribution is 2.43. The van der Waals surface area contributed by atoms with E-state index >= 15 is 0 Å². The Hall–Kier alpha value is -2.15. The van der Waals surface area contributed by atoms with Crippen molar-refractivity contribution in [2.75, 3.05) is 12.9 Å². The van der Waals surface area contributed by atoms with E-state index < -0.39 is 19.9 Å². The van der Waals surface area contributed by atoms with Gasteiger partial charge in [-0.3, -0.25) is 0 Å². The van der Waals surface area contributed by atoms with Crippen LogP contribution in [0.1, 0.15) is 52.4 Å². The maximum atomic E-state index is 13.0. The van der Waals surface area contributed by atoms with Crippen LogP contribution in [0.3, 0.4) is 0 Å². The third-order valence-corrected chi connectivity index (χ3v) is 12.0. The number of sulfonamides is 1. The molecule has 10 nitrogen and oxygen atoms in total. The number of sulfone groups is 1. The first-order valence-corrected chi connectivity index (χ1v) is 16.3. The molecule has 0 amide bonds. The van der Waals surface area contributed by atoms with Gasteiger partial charge in [-0.25, -0.2) is 16.8 Å². The molecule has 5 rings (SSSR count). The maximum Gasteiger partial charge on any atom is 0.269 e. The fraction of sp³-hybridized carbons (Fsp3) is 0.600. The van der Waals surface area contributed by atoms with Crippen LogP contribution in [0.2, 0.25) is 5.02 Å². The Bertz CT molecular complexity index is 1400. The summed E-state index contributed by atoms with van der Waals surface area (Å²) in [7, 11) is -5.28. The molecule has 1 unspecified atom stereocenters. The van der Waals surface area contributed by atoms with Crippen molar-refractivity contribution in [3.63, 3.8) is 0 Å². The SMILES string of the molecule is COc1c(Oc2ccc(S(=O)(=O)C3CC3)cc2Cl)ncnc1O[C@H]1CC2CC[C@@H](C1)N2S(=O)(=O)CC(C)C. The summed E-state index contributed by atoms with van der Waals surface area (Å²) in [5, 5.41) is -0.217. The van der Waals surface area contributed by atoms with Gasteiger partial charge >= 0.3 is 0 Å². The molecular formula is C25H32ClN3O7S2. The molecule has 2 aliphatic heterocycles. The summed E-state index contributed by atoms with van der Waals surface area (Å²) in [4.78, 5) is 8.56. The van der Waals surface area contributed by atoms with Gasteiger partial charge in [-0.2, -0.15) is 14.3 Å². The molecule has 1 aromatic carbocycles. The minimum Gasteiger partial charge on any atom is -0.487 e. The molecule has 3 heterocycles. The van der Waals surface area contributed by atoms with Gasteiger partial charge in [0.1, 0.15) is 18.2 Å². The van der Waals surface area contributed by atoms with Crippen LogP contribution in [-0.2, 0) is 19.9 Å². The smallest absolute Gasteiger partial charge is 0.269 e. The van der Waals surface area contributed by atoms with Gasteiger partial charge in [0, 0.05) is 24.9 Å². The minimum absolute atomic E-state index is 0.0596. The Morgan fingerprint density at radius 3 is 2.26 bits per heavy atom. The van der Waals surface area contributed by atoms with Crippen molar-refractivity contribution in [2.24, 2.45) is 5.92 Å². The number of ether oxygens (including phenoxy) is 3. The molecule has 3 aliphatic rings. The minimum atomic E-state index is -3.39. The molecule has 3 fully saturated rings. The first kappa shape index (κ1) is 27.4. The van der Waals surface area contributed by atoms with Crippen molar-refractivity contribution in [3.8, 4) is 23.3 Å². The number of piperidine rings is 1. The van der Waals surface area contributed by atoms with E-state index in [1.165, 1.54) is 31.6 Å². The summed E-state index contributed by atoms with van der Waals surface area (Å²) in [5.74, 6) is 0.833. The summed E-state index contributed by atoms with van der Waals surface area (Å²) < 4.78 is 70.3. The second-order valence-corrected chi connectivity index (χ2v) is 15.1. The zero-order valence-electron chi connectivity index (χ0n) is 21.5. The highest BCUT2D eigenvalue weighted by molar-refractivity contribution is 7.92. The quantitative estimate of drug-likeness (QED) is 0.403. The van der Waals surface area contributed by atoms with Crippen LogP contribution in [0.5, 0.6) is 23.3 Å². The molecule has 0 spiro atoms. The monoisotopic (exact) mass is 585 g/mol. The third-order valence-electron chi connectivity index (χ3n) is 7.11. The summed E-state index contributed by atoms with van der Waals surface area (Å²) in [6, 6.07) is 4.14. The highest BCUT2D eigenvalue weighted by atomic mass is 35.5. The third kappa shape index (κ3) is 5.45. The largest absolute Gasteiger partial charge is 0.487 e. The first-order valence-electron chi connectivity index (χ1n) is 12.8. The lowest BCUT2D eigenvalue weighted by Gasteiger charge is -2.38. The number of methoxy groups -OCH3 is 1. The van der Waals surface area contributed by atoms with E-state index in [0.717, 1.165) is 12.8 Å². The second kappa shape index (κ2) is 10.4. The van der Waals surface area contributed by atoms with Crippen LogP contribution in [0.15, 0.2) is 29.4 Å². The topological polar surface area (TPSA) is 125 Å². The Kier molecular flexibility index (Phi) is 7.53. The molecule has 2 aromatic rings. The van der Waals surface area contributed by atoms with Crippen molar-refractivity contribution in [1.29, 1.82) is 0 Å². The number of aromatic nitrogens is 2. The van der Waals surface area contributed by atoms with E-state index in [-0.39, 0.29) is 68.3 Å². The van der Waals surface area contributed by atoms with Gasteiger partial charge in [-0.05, 0) is 49.8 Å². The average molecular weight is 586 g/mol. The molecule has 1 saturated carbocycles. The summed E-state index contributed by atoms with van der Waals surface area (Å²) >= 11 is 6.36. The Balaban J connectivity index is 1.32. The van der Waals surface area contributed by atoms with Crippen molar-refractivity contribution >= 4 is 31.5 Å². The number of hydrogen-bond donors (Lipinski definition) is 0. The van der Waals surface area contributed by atoms with Crippen molar-refractivity contribution < 1.29 is 31.0 Å². The Labute approximate surface area is 228 Å². The van der Waals surface area contributed by atoms with Crippen LogP contribution in [0.25, 0.3) is 0 Å². The maximum absolute atomic E-state index is 13.0. The summed E-state index contributed by atoms with van der Waals surface area (Å²) in [5.41, 5.74) is 0. The van der Waals surface area contributed by atoms with E-state index in [4.69, 9.17) is 25.8 Å². The number of benzene rings is 1. The van der Waals surface area contributed by atoms with Gasteiger partial charge in [0.05, 0.1) is 28.0 Å². The average Bonchev–Trinajstić information content (AvgIpc) is 3.65. The van der Waals surface area contributed by atoms with Gasteiger partial charge in [0.15, 0.2) is 9.84 Å². The lowest BCUT2D eigenvalue weighted by atomic mass is 10.0. The molecular weight excluding hydrogens is 554 g/mol. The van der Waals surface area contributed by atoms with Crippen LogP contribution in [-0.4, -0.2) is 67.4 Å². The van der Waals surface area contributed by atoms with Crippen molar-refractivity contribution in [1.82, 2.24) is 14.3 Å². The van der Waals surface area contributed by atoms with Crippen LogP contribution in [0, 0.1) is 5.92 Å². The predicted octanol–water partition coefficient (Wildman–Crippen LogP) is 4.23. The number of rotatable bonds is 10. The second-order valence-electron chi connectivity index (χ2n) is 10.6. The van der Waals surface area contributed by atoms with Gasteiger partial charge in [-0.1, -0.05) is 25.4 Å². The fourth-order valence-electron chi connectivity index (χ4n) is 5.39. The van der Waals surface area contributed by atoms with Gasteiger partial charge < -0.3 is 14.2 Å². The molecule has 208 valence electrons. The standard InChI is InChI=1S/C25H32ClN3O7S2/c1-15(2)13-37(30,31)29-16-4-5-17(29)11-18(10-16)35-24-23(34-3)25(28-14-27-24)36-22-9-8-20(12-21(22)26)38(32,33)19-6-7-19/h8-9,12,14-19H,4-7,10-11,13H2,1-3H3/t16-,17?,18+/m0/s1. The number of hydrogen-bond acceptors (Lipinski definition) is 9. The van der Waals surface area contributed by atoms with Crippen LogP contribution < -0.4 is 14.2 Å². The number of fused-ring (bicyclic) bond motifs is 2. The van der Waals surface area contributed by atoms with E-state index in [2.05, 4.69) is 9.97 Å². The zero-order chi connectivity index (χ0) is 27.2. The molecule has 13 heteroatoms. The van der Waals surface area contributed by atoms with Crippen LogP contribution in [0.4, 0.5) is 0 Å². The van der Waals surface area contributed by atoms with E-state index in [1.807, 2.05) is 13.8 Å². The van der Waals surface area contributed by atoms with E-state index in [9.17, 15) is 16.8 Å². The normalized spacial score (nSPS) is 24.0. The van der Waals surface area contributed by atoms with Crippen LogP contribution >= 0.6 is 11.6 Å². The molecule has 3 atom stereocenters. The molecule has 2 saturated heterocycles. The molecule has 1 aromatic heterocycles. The molecule has 1 aliphatic carbocycles. The molecule has 0 radical (unpaired) electrons. The fourth-order valence-corrected chi connectivity index (χ4v) is 9.66. The van der Waals surface area contributed by atoms with Crippen molar-refractivity contribution in [2.45, 2.75) is 80.7 Å². The van der Waals surface area contributed by atoms with Gasteiger partial charge in [0.2, 0.25) is 15.8 Å². The van der Waals surface area contributed by atoms with E-state index in [0.29, 0.717) is 25.7 Å². The number of halogens is 1. The molecule has 38 heavy (non-hydrogen) atoms. The van der Waals surface area contributed by atoms with E-state index in [1.54, 1.807) is 4.31 Å². The predicted molar refractivity (Wildman–Crippen MR) is 141 cm³/mol. The zero-order valence-corrected chi connectivity index (χ0v) is 23.9. The lowest BCUT2D eigenvalue weighted by molar-refractivity contribution is 0.0881. The molecule has 2 bridgehead atoms. The molecule has 0 N–H and O–H groups in total. The van der Waals surface area contributed by atoms with Gasteiger partial charge in [0.25, 0.3) is 11.8 Å². The summed E-state index contributed by atoms with van der Waals surface area (Å²) in [6.45, 7) is 3.82. The Morgan fingerprint density at radius 2 is 1.68 bits per heavy atom. The van der Waals surface area contributed by atoms with Gasteiger partial charge in [-0.15, -0.1) is 0 Å². The lowest BCUT2D eigenvalue weighted by Crippen LogP contribution is -2.50. The first-order chi connectivity index (χ1) is 18.0. The van der Waals surface area contributed by atoms with Crippen molar-refractivity contribution in [3.05, 3.63) is 29.5 Å². The Morgan fingerprint density at radius 1 is 1.03 bits per heavy atom. The summed E-state index contributed by atoms with van der Waals surface area (Å²) in [6.07, 6.45) is 5.08. The number of nitrogens with zero attached hydrogens (tertiary/aromatic N) is 3. The highest BCUT2D eigenvalue weighted by Gasteiger charge is 2.47.